The predicted octanol–water partition coefficient (Wildman–Crippen LogP) is 3.72. The van der Waals surface area contributed by atoms with Crippen LogP contribution in [0.2, 0.25) is 0 Å². The van der Waals surface area contributed by atoms with Gasteiger partial charge >= 0.3 is 0 Å². The van der Waals surface area contributed by atoms with Gasteiger partial charge in [0.1, 0.15) is 5.75 Å². The molecule has 5 heteroatoms. The smallest absolute Gasteiger partial charge is 0.262 e. The van der Waals surface area contributed by atoms with Crippen molar-refractivity contribution in [1.82, 2.24) is 5.32 Å². The highest BCUT2D eigenvalue weighted by Gasteiger charge is 2.23. The number of carbonyl (C=O) groups excluding carboxylic acids is 2. The highest BCUT2D eigenvalue weighted by Crippen LogP contribution is 2.20. The lowest BCUT2D eigenvalue weighted by atomic mass is 10.0. The van der Waals surface area contributed by atoms with E-state index in [1.54, 1.807) is 24.3 Å². The Hall–Kier alpha value is -2.82. The van der Waals surface area contributed by atoms with Gasteiger partial charge in [-0.15, -0.1) is 0 Å². The van der Waals surface area contributed by atoms with Crippen molar-refractivity contribution >= 4 is 17.5 Å². The number of hydrogen-bond acceptors (Lipinski definition) is 3. The second kappa shape index (κ2) is 8.04. The number of ether oxygens (including phenoxy) is 1. The van der Waals surface area contributed by atoms with Crippen LogP contribution in [-0.4, -0.2) is 24.5 Å². The Morgan fingerprint density at radius 3 is 2.50 bits per heavy atom. The molecule has 0 saturated heterocycles. The van der Waals surface area contributed by atoms with Crippen LogP contribution in [0.3, 0.4) is 0 Å². The maximum absolute atomic E-state index is 12.1. The molecule has 1 aliphatic rings. The van der Waals surface area contributed by atoms with Gasteiger partial charge < -0.3 is 15.4 Å². The second-order valence-electron chi connectivity index (χ2n) is 6.89. The summed E-state index contributed by atoms with van der Waals surface area (Å²) in [5, 5.41) is 5.70. The van der Waals surface area contributed by atoms with Crippen molar-refractivity contribution in [2.45, 2.75) is 38.6 Å². The van der Waals surface area contributed by atoms with Gasteiger partial charge in [-0.3, -0.25) is 9.59 Å². The van der Waals surface area contributed by atoms with Gasteiger partial charge in [-0.1, -0.05) is 32.0 Å². The Labute approximate surface area is 153 Å². The van der Waals surface area contributed by atoms with E-state index in [-0.39, 0.29) is 18.4 Å². The van der Waals surface area contributed by atoms with Crippen molar-refractivity contribution in [1.29, 1.82) is 0 Å². The van der Waals surface area contributed by atoms with Crippen LogP contribution in [0.4, 0.5) is 5.69 Å². The van der Waals surface area contributed by atoms with Gasteiger partial charge in [0.2, 0.25) is 0 Å². The lowest BCUT2D eigenvalue weighted by Crippen LogP contribution is -2.25. The Balaban J connectivity index is 1.52. The van der Waals surface area contributed by atoms with E-state index in [4.69, 9.17) is 4.74 Å². The molecule has 1 saturated carbocycles. The topological polar surface area (TPSA) is 67.4 Å². The molecule has 0 atom stereocenters. The van der Waals surface area contributed by atoms with Crippen LogP contribution in [0, 0.1) is 0 Å². The highest BCUT2D eigenvalue weighted by molar-refractivity contribution is 5.97. The summed E-state index contributed by atoms with van der Waals surface area (Å²) in [6, 6.07) is 15.0. The summed E-state index contributed by atoms with van der Waals surface area (Å²) in [5.74, 6) is 0.738. The molecule has 0 radical (unpaired) electrons. The summed E-state index contributed by atoms with van der Waals surface area (Å²) < 4.78 is 5.52. The normalized spacial score (nSPS) is 13.3. The number of nitrogens with one attached hydrogen (secondary N) is 2. The van der Waals surface area contributed by atoms with E-state index < -0.39 is 0 Å². The van der Waals surface area contributed by atoms with Gasteiger partial charge in [0, 0.05) is 17.3 Å². The van der Waals surface area contributed by atoms with E-state index in [1.165, 1.54) is 5.56 Å². The van der Waals surface area contributed by atoms with E-state index in [0.29, 0.717) is 29.0 Å². The third-order valence-electron chi connectivity index (χ3n) is 4.24. The molecule has 0 aliphatic heterocycles. The Kier molecular flexibility index (Phi) is 5.56. The molecule has 26 heavy (non-hydrogen) atoms. The fraction of sp³-hybridized carbons (Fsp3) is 0.333. The quantitative estimate of drug-likeness (QED) is 0.798. The molecule has 0 bridgehead atoms. The van der Waals surface area contributed by atoms with Gasteiger partial charge in [0.25, 0.3) is 11.8 Å². The molecule has 1 fully saturated rings. The second-order valence-corrected chi connectivity index (χ2v) is 6.89. The molecule has 0 unspecified atom stereocenters. The maximum atomic E-state index is 12.1. The molecule has 2 amide bonds. The molecule has 0 aromatic heterocycles. The van der Waals surface area contributed by atoms with E-state index >= 15 is 0 Å². The molecule has 2 N–H and O–H groups in total. The number of benzene rings is 2. The number of hydrogen-bond donors (Lipinski definition) is 2. The fourth-order valence-electron chi connectivity index (χ4n) is 2.53. The van der Waals surface area contributed by atoms with Crippen LogP contribution in [0.5, 0.6) is 5.75 Å². The van der Waals surface area contributed by atoms with Crippen LogP contribution in [0.15, 0.2) is 48.5 Å². The Morgan fingerprint density at radius 1 is 1.12 bits per heavy atom. The first-order chi connectivity index (χ1) is 12.5. The minimum atomic E-state index is -0.266. The Morgan fingerprint density at radius 2 is 1.85 bits per heavy atom. The molecular formula is C21H24N2O3. The number of rotatable bonds is 7. The molecule has 0 spiro atoms. The molecule has 1 aliphatic carbocycles. The first kappa shape index (κ1) is 18.0. The minimum Gasteiger partial charge on any atom is -0.484 e. The molecule has 0 heterocycles. The van der Waals surface area contributed by atoms with Gasteiger partial charge in [-0.25, -0.2) is 0 Å². The monoisotopic (exact) mass is 352 g/mol. The number of carbonyl (C=O) groups is 2. The first-order valence-electron chi connectivity index (χ1n) is 8.95. The van der Waals surface area contributed by atoms with Gasteiger partial charge in [0.15, 0.2) is 6.61 Å². The summed E-state index contributed by atoms with van der Waals surface area (Å²) in [6.07, 6.45) is 2.08. The summed E-state index contributed by atoms with van der Waals surface area (Å²) in [7, 11) is 0. The maximum Gasteiger partial charge on any atom is 0.262 e. The lowest BCUT2D eigenvalue weighted by Gasteiger charge is -2.10. The van der Waals surface area contributed by atoms with Gasteiger partial charge in [-0.05, 0) is 54.7 Å². The fourth-order valence-corrected chi connectivity index (χ4v) is 2.53. The summed E-state index contributed by atoms with van der Waals surface area (Å²) in [6.45, 7) is 4.17. The van der Waals surface area contributed by atoms with Crippen LogP contribution < -0.4 is 15.4 Å². The van der Waals surface area contributed by atoms with Crippen molar-refractivity contribution in [2.24, 2.45) is 0 Å². The number of anilines is 1. The molecule has 136 valence electrons. The zero-order valence-electron chi connectivity index (χ0n) is 15.1. The largest absolute Gasteiger partial charge is 0.484 e. The summed E-state index contributed by atoms with van der Waals surface area (Å²) in [4.78, 5) is 24.2. The lowest BCUT2D eigenvalue weighted by molar-refractivity contribution is -0.118. The first-order valence-corrected chi connectivity index (χ1v) is 8.95. The average Bonchev–Trinajstić information content (AvgIpc) is 3.44. The van der Waals surface area contributed by atoms with Crippen molar-refractivity contribution in [2.75, 3.05) is 11.9 Å². The molecular weight excluding hydrogens is 328 g/mol. The van der Waals surface area contributed by atoms with Crippen LogP contribution in [-0.2, 0) is 4.79 Å². The van der Waals surface area contributed by atoms with E-state index in [1.807, 2.05) is 24.3 Å². The van der Waals surface area contributed by atoms with E-state index in [0.717, 1.165) is 12.8 Å². The van der Waals surface area contributed by atoms with Gasteiger partial charge in [0.05, 0.1) is 0 Å². The minimum absolute atomic E-state index is 0.0838. The summed E-state index contributed by atoms with van der Waals surface area (Å²) in [5.41, 5.74) is 2.35. The van der Waals surface area contributed by atoms with Crippen molar-refractivity contribution in [3.8, 4) is 5.75 Å². The number of amides is 2. The van der Waals surface area contributed by atoms with Gasteiger partial charge in [-0.2, -0.15) is 0 Å². The highest BCUT2D eigenvalue weighted by atomic mass is 16.5. The third kappa shape index (κ3) is 5.09. The van der Waals surface area contributed by atoms with E-state index in [9.17, 15) is 9.59 Å². The Bertz CT molecular complexity index is 780. The zero-order valence-corrected chi connectivity index (χ0v) is 15.1. The zero-order chi connectivity index (χ0) is 18.5. The van der Waals surface area contributed by atoms with Crippen molar-refractivity contribution in [3.05, 3.63) is 59.7 Å². The van der Waals surface area contributed by atoms with Crippen molar-refractivity contribution in [3.63, 3.8) is 0 Å². The SMILES string of the molecule is CC(C)c1ccc(OCC(=O)Nc2cccc(C(=O)NC3CC3)c2)cc1. The molecule has 5 nitrogen and oxygen atoms in total. The third-order valence-corrected chi connectivity index (χ3v) is 4.24. The molecule has 2 aromatic carbocycles. The standard InChI is InChI=1S/C21H24N2O3/c1-14(2)15-6-10-19(11-7-15)26-13-20(24)22-18-5-3-4-16(12-18)21(25)23-17-8-9-17/h3-7,10-12,14,17H,8-9,13H2,1-2H3,(H,22,24)(H,23,25). The van der Waals surface area contributed by atoms with Crippen LogP contribution in [0.1, 0.15) is 48.5 Å². The summed E-state index contributed by atoms with van der Waals surface area (Å²) >= 11 is 0. The molecule has 3 rings (SSSR count). The average molecular weight is 352 g/mol. The van der Waals surface area contributed by atoms with E-state index in [2.05, 4.69) is 24.5 Å². The molecule has 2 aromatic rings. The van der Waals surface area contributed by atoms with Crippen LogP contribution >= 0.6 is 0 Å². The predicted molar refractivity (Wildman–Crippen MR) is 102 cm³/mol. The van der Waals surface area contributed by atoms with Crippen molar-refractivity contribution < 1.29 is 14.3 Å². The van der Waals surface area contributed by atoms with Crippen LogP contribution in [0.25, 0.3) is 0 Å².